The number of hydrogen-bond donors (Lipinski definition) is 3. The summed E-state index contributed by atoms with van der Waals surface area (Å²) >= 11 is 5.93. The van der Waals surface area contributed by atoms with Gasteiger partial charge in [0, 0.05) is 23.5 Å². The fraction of sp³-hybridized carbons (Fsp3) is 0.231. The Hall–Kier alpha value is -2.01. The summed E-state index contributed by atoms with van der Waals surface area (Å²) in [6.45, 7) is 0.854. The maximum absolute atomic E-state index is 5.93. The van der Waals surface area contributed by atoms with Crippen LogP contribution in [0.2, 0.25) is 5.02 Å². The number of anilines is 1. The molecule has 0 radical (unpaired) electrons. The van der Waals surface area contributed by atoms with E-state index in [9.17, 15) is 0 Å². The number of fused-ring (bicyclic) bond motifs is 1. The molecule has 0 aliphatic rings. The van der Waals surface area contributed by atoms with Crippen LogP contribution in [0.15, 0.2) is 30.7 Å². The van der Waals surface area contributed by atoms with Crippen molar-refractivity contribution in [1.29, 1.82) is 0 Å². The molecule has 3 N–H and O–H groups in total. The van der Waals surface area contributed by atoms with Crippen molar-refractivity contribution in [3.8, 4) is 0 Å². The number of rotatable bonds is 5. The molecule has 0 fully saturated rings. The molecule has 2 aromatic heterocycles. The molecule has 1 aromatic carbocycles. The lowest BCUT2D eigenvalue weighted by molar-refractivity contribution is 0.837. The summed E-state index contributed by atoms with van der Waals surface area (Å²) in [6.07, 6.45) is 5.54. The summed E-state index contributed by atoms with van der Waals surface area (Å²) in [5, 5.41) is 3.98. The van der Waals surface area contributed by atoms with Gasteiger partial charge < -0.3 is 15.3 Å². The van der Waals surface area contributed by atoms with Gasteiger partial charge >= 0.3 is 0 Å². The number of nitrogens with one attached hydrogen (secondary N) is 3. The zero-order valence-corrected chi connectivity index (χ0v) is 11.0. The average molecular weight is 276 g/mol. The van der Waals surface area contributed by atoms with Gasteiger partial charge in [0.25, 0.3) is 0 Å². The Bertz CT molecular complexity index is 659. The normalized spacial score (nSPS) is 11.0. The Morgan fingerprint density at radius 3 is 3.11 bits per heavy atom. The maximum atomic E-state index is 5.93. The highest BCUT2D eigenvalue weighted by molar-refractivity contribution is 6.31. The number of nitrogens with zero attached hydrogens (tertiary/aromatic N) is 2. The lowest BCUT2D eigenvalue weighted by Gasteiger charge is -2.01. The van der Waals surface area contributed by atoms with Gasteiger partial charge in [-0.15, -0.1) is 0 Å². The number of aromatic nitrogens is 4. The highest BCUT2D eigenvalue weighted by Gasteiger charge is 2.02. The first-order valence-electron chi connectivity index (χ1n) is 6.18. The molecule has 98 valence electrons. The fourth-order valence-electron chi connectivity index (χ4n) is 1.97. The van der Waals surface area contributed by atoms with Gasteiger partial charge in [-0.2, -0.15) is 0 Å². The van der Waals surface area contributed by atoms with Crippen LogP contribution >= 0.6 is 11.6 Å². The molecule has 0 aliphatic carbocycles. The minimum atomic E-state index is 0.710. The Kier molecular flexibility index (Phi) is 3.37. The minimum absolute atomic E-state index is 0.710. The van der Waals surface area contributed by atoms with Crippen LogP contribution in [0.5, 0.6) is 0 Å². The Morgan fingerprint density at radius 1 is 1.32 bits per heavy atom. The summed E-state index contributed by atoms with van der Waals surface area (Å²) in [4.78, 5) is 14.7. The van der Waals surface area contributed by atoms with E-state index in [2.05, 4.69) is 25.3 Å². The standard InChI is InChI=1S/C13H14ClN5/c14-9-3-4-11-12(6-9)19-13(18-11)16-5-1-2-10-7-15-8-17-10/h3-4,6-8H,1-2,5H2,(H,15,17)(H2,16,18,19). The van der Waals surface area contributed by atoms with E-state index >= 15 is 0 Å². The van der Waals surface area contributed by atoms with E-state index in [1.807, 2.05) is 24.4 Å². The second-order valence-electron chi connectivity index (χ2n) is 4.35. The number of aromatic amines is 2. The molecule has 2 heterocycles. The quantitative estimate of drug-likeness (QED) is 0.627. The maximum Gasteiger partial charge on any atom is 0.201 e. The number of H-pyrrole nitrogens is 2. The predicted molar refractivity (Wildman–Crippen MR) is 76.5 cm³/mol. The molecule has 0 saturated carbocycles. The highest BCUT2D eigenvalue weighted by Crippen LogP contribution is 2.18. The number of imidazole rings is 2. The number of aryl methyl sites for hydroxylation is 1. The minimum Gasteiger partial charge on any atom is -0.356 e. The van der Waals surface area contributed by atoms with Crippen LogP contribution in [0, 0.1) is 0 Å². The zero-order chi connectivity index (χ0) is 13.1. The van der Waals surface area contributed by atoms with Crippen molar-refractivity contribution in [2.75, 3.05) is 11.9 Å². The van der Waals surface area contributed by atoms with Crippen LogP contribution in [0.1, 0.15) is 12.1 Å². The third-order valence-corrected chi connectivity index (χ3v) is 3.15. The molecular formula is C13H14ClN5. The molecule has 3 rings (SSSR count). The van der Waals surface area contributed by atoms with Gasteiger partial charge in [0.15, 0.2) is 0 Å². The van der Waals surface area contributed by atoms with Gasteiger partial charge in [-0.05, 0) is 31.0 Å². The summed E-state index contributed by atoms with van der Waals surface area (Å²) < 4.78 is 0. The van der Waals surface area contributed by atoms with Crippen LogP contribution in [0.4, 0.5) is 5.95 Å². The summed E-state index contributed by atoms with van der Waals surface area (Å²) in [5.74, 6) is 0.780. The summed E-state index contributed by atoms with van der Waals surface area (Å²) in [6, 6.07) is 5.62. The first kappa shape index (κ1) is 12.0. The monoisotopic (exact) mass is 275 g/mol. The van der Waals surface area contributed by atoms with Gasteiger partial charge in [0.05, 0.1) is 17.4 Å². The zero-order valence-electron chi connectivity index (χ0n) is 10.3. The first-order valence-corrected chi connectivity index (χ1v) is 6.55. The van der Waals surface area contributed by atoms with Gasteiger partial charge in [0.1, 0.15) is 0 Å². The summed E-state index contributed by atoms with van der Waals surface area (Å²) in [7, 11) is 0. The fourth-order valence-corrected chi connectivity index (χ4v) is 2.14. The van der Waals surface area contributed by atoms with E-state index in [1.165, 1.54) is 0 Å². The van der Waals surface area contributed by atoms with Crippen molar-refractivity contribution in [3.05, 3.63) is 41.4 Å². The molecule has 0 unspecified atom stereocenters. The van der Waals surface area contributed by atoms with E-state index in [0.717, 1.165) is 42.1 Å². The van der Waals surface area contributed by atoms with Crippen molar-refractivity contribution in [3.63, 3.8) is 0 Å². The number of benzene rings is 1. The molecule has 5 nitrogen and oxygen atoms in total. The van der Waals surface area contributed by atoms with E-state index in [-0.39, 0.29) is 0 Å². The van der Waals surface area contributed by atoms with Crippen LogP contribution in [0.3, 0.4) is 0 Å². The van der Waals surface area contributed by atoms with Crippen LogP contribution in [-0.2, 0) is 6.42 Å². The lowest BCUT2D eigenvalue weighted by atomic mass is 10.2. The van der Waals surface area contributed by atoms with E-state index in [0.29, 0.717) is 5.02 Å². The number of halogens is 1. The van der Waals surface area contributed by atoms with Crippen molar-refractivity contribution in [1.82, 2.24) is 19.9 Å². The Morgan fingerprint density at radius 2 is 2.26 bits per heavy atom. The van der Waals surface area contributed by atoms with Crippen molar-refractivity contribution in [2.24, 2.45) is 0 Å². The highest BCUT2D eigenvalue weighted by atomic mass is 35.5. The third kappa shape index (κ3) is 2.88. The Balaban J connectivity index is 1.56. The van der Waals surface area contributed by atoms with Crippen LogP contribution < -0.4 is 5.32 Å². The molecule has 0 saturated heterocycles. The molecule has 0 aliphatic heterocycles. The second-order valence-corrected chi connectivity index (χ2v) is 4.79. The van der Waals surface area contributed by atoms with E-state index in [1.54, 1.807) is 6.33 Å². The van der Waals surface area contributed by atoms with Crippen molar-refractivity contribution >= 4 is 28.6 Å². The Labute approximate surface area is 115 Å². The average Bonchev–Trinajstić information content (AvgIpc) is 3.02. The molecule has 0 spiro atoms. The van der Waals surface area contributed by atoms with E-state index in [4.69, 9.17) is 11.6 Å². The van der Waals surface area contributed by atoms with Gasteiger partial charge in [-0.3, -0.25) is 0 Å². The smallest absolute Gasteiger partial charge is 0.201 e. The molecule has 6 heteroatoms. The molecular weight excluding hydrogens is 262 g/mol. The van der Waals surface area contributed by atoms with Crippen molar-refractivity contribution < 1.29 is 0 Å². The molecule has 0 bridgehead atoms. The molecule has 0 atom stereocenters. The van der Waals surface area contributed by atoms with Crippen LogP contribution in [-0.4, -0.2) is 26.5 Å². The number of hydrogen-bond acceptors (Lipinski definition) is 3. The van der Waals surface area contributed by atoms with Gasteiger partial charge in [-0.25, -0.2) is 9.97 Å². The van der Waals surface area contributed by atoms with Gasteiger partial charge in [0.2, 0.25) is 5.95 Å². The topological polar surface area (TPSA) is 69.4 Å². The summed E-state index contributed by atoms with van der Waals surface area (Å²) in [5.41, 5.74) is 3.02. The van der Waals surface area contributed by atoms with Crippen LogP contribution in [0.25, 0.3) is 11.0 Å². The largest absolute Gasteiger partial charge is 0.356 e. The first-order chi connectivity index (χ1) is 9.31. The predicted octanol–water partition coefficient (Wildman–Crippen LogP) is 2.98. The molecule has 3 aromatic rings. The second kappa shape index (κ2) is 5.32. The molecule has 0 amide bonds. The van der Waals surface area contributed by atoms with Gasteiger partial charge in [-0.1, -0.05) is 11.6 Å². The SMILES string of the molecule is Clc1ccc2nc(NCCCc3cnc[nH]3)[nH]c2c1. The molecule has 19 heavy (non-hydrogen) atoms. The van der Waals surface area contributed by atoms with E-state index < -0.39 is 0 Å². The lowest BCUT2D eigenvalue weighted by Crippen LogP contribution is -2.04. The third-order valence-electron chi connectivity index (χ3n) is 2.91. The van der Waals surface area contributed by atoms with Crippen molar-refractivity contribution in [2.45, 2.75) is 12.8 Å².